The number of halogens is 2. The van der Waals surface area contributed by atoms with Gasteiger partial charge in [0.15, 0.2) is 0 Å². The molecular formula is C12H10F2N2O3. The van der Waals surface area contributed by atoms with E-state index in [0.29, 0.717) is 6.07 Å². The van der Waals surface area contributed by atoms with Crippen molar-refractivity contribution >= 4 is 17.5 Å². The Bertz CT molecular complexity index is 572. The van der Waals surface area contributed by atoms with Crippen LogP contribution in [-0.4, -0.2) is 35.0 Å². The highest BCUT2D eigenvalue weighted by Crippen LogP contribution is 2.20. The van der Waals surface area contributed by atoms with Crippen LogP contribution in [0.15, 0.2) is 30.0 Å². The molecule has 1 aromatic carbocycles. The minimum Gasteiger partial charge on any atom is -0.395 e. The molecule has 0 radical (unpaired) electrons. The van der Waals surface area contributed by atoms with E-state index < -0.39 is 23.4 Å². The summed E-state index contributed by atoms with van der Waals surface area (Å²) in [4.78, 5) is 24.0. The van der Waals surface area contributed by atoms with Gasteiger partial charge in [0.05, 0.1) is 18.8 Å². The number of benzene rings is 1. The molecule has 0 aromatic heterocycles. The first-order valence-corrected chi connectivity index (χ1v) is 5.43. The van der Waals surface area contributed by atoms with Crippen LogP contribution < -0.4 is 5.32 Å². The summed E-state index contributed by atoms with van der Waals surface area (Å²) in [6.07, 6.45) is 1.00. The molecule has 7 heteroatoms. The Morgan fingerprint density at radius 1 is 1.26 bits per heavy atom. The van der Waals surface area contributed by atoms with Gasteiger partial charge in [-0.2, -0.15) is 0 Å². The number of hydrogen-bond donors (Lipinski definition) is 2. The fraction of sp³-hybridized carbons (Fsp3) is 0.167. The van der Waals surface area contributed by atoms with Gasteiger partial charge in [-0.15, -0.1) is 0 Å². The van der Waals surface area contributed by atoms with Crippen LogP contribution in [0.5, 0.6) is 0 Å². The van der Waals surface area contributed by atoms with Gasteiger partial charge in [0.2, 0.25) is 0 Å². The lowest BCUT2D eigenvalue weighted by atomic mass is 10.3. The number of aliphatic hydroxyl groups excluding tert-OH is 1. The van der Waals surface area contributed by atoms with Crippen LogP contribution in [0, 0.1) is 11.6 Å². The van der Waals surface area contributed by atoms with Gasteiger partial charge in [-0.1, -0.05) is 0 Å². The summed E-state index contributed by atoms with van der Waals surface area (Å²) in [6, 6.07) is 2.81. The molecule has 2 N–H and O–H groups in total. The normalized spacial score (nSPS) is 14.9. The minimum atomic E-state index is -0.873. The van der Waals surface area contributed by atoms with Gasteiger partial charge in [0, 0.05) is 12.1 Å². The van der Waals surface area contributed by atoms with E-state index in [1.54, 1.807) is 0 Å². The molecule has 0 unspecified atom stereocenters. The fourth-order valence-corrected chi connectivity index (χ4v) is 1.65. The highest BCUT2D eigenvalue weighted by atomic mass is 19.1. The first-order valence-electron chi connectivity index (χ1n) is 5.43. The molecule has 1 aliphatic heterocycles. The zero-order valence-corrected chi connectivity index (χ0v) is 9.69. The van der Waals surface area contributed by atoms with E-state index in [-0.39, 0.29) is 24.5 Å². The zero-order valence-electron chi connectivity index (χ0n) is 9.69. The van der Waals surface area contributed by atoms with Gasteiger partial charge in [-0.05, 0) is 12.1 Å². The summed E-state index contributed by atoms with van der Waals surface area (Å²) in [7, 11) is 0. The predicted molar refractivity (Wildman–Crippen MR) is 61.9 cm³/mol. The quantitative estimate of drug-likeness (QED) is 0.785. The van der Waals surface area contributed by atoms with Gasteiger partial charge in [0.1, 0.15) is 17.3 Å². The Balaban J connectivity index is 2.18. The molecule has 5 nitrogen and oxygen atoms in total. The second kappa shape index (κ2) is 5.15. The lowest BCUT2D eigenvalue weighted by molar-refractivity contribution is -0.137. The van der Waals surface area contributed by atoms with Crippen molar-refractivity contribution in [2.75, 3.05) is 18.5 Å². The average Bonchev–Trinajstić information content (AvgIpc) is 2.61. The van der Waals surface area contributed by atoms with Crippen LogP contribution in [0.1, 0.15) is 0 Å². The summed E-state index contributed by atoms with van der Waals surface area (Å²) in [5.74, 6) is -2.87. The highest BCUT2D eigenvalue weighted by molar-refractivity contribution is 6.17. The fourth-order valence-electron chi connectivity index (χ4n) is 1.65. The Hall–Kier alpha value is -2.28. The molecule has 0 bridgehead atoms. The number of anilines is 1. The number of β-amino-alcohol motifs (C(OH)–C–C–N with tert-alkyl or cyclic N) is 1. The maximum Gasteiger partial charge on any atom is 0.277 e. The number of carbonyl (C=O) groups is 2. The molecule has 2 amide bonds. The van der Waals surface area contributed by atoms with Crippen LogP contribution in [-0.2, 0) is 9.59 Å². The maximum absolute atomic E-state index is 13.4. The molecule has 100 valence electrons. The summed E-state index contributed by atoms with van der Waals surface area (Å²) in [6.45, 7) is -0.491. The van der Waals surface area contributed by atoms with Crippen LogP contribution in [0.25, 0.3) is 0 Å². The first kappa shape index (κ1) is 13.2. The van der Waals surface area contributed by atoms with Gasteiger partial charge >= 0.3 is 0 Å². The SMILES string of the molecule is O=C1C=C(Nc2ccc(F)cc2F)C(=O)N1CCO. The number of carbonyl (C=O) groups excluding carboxylic acids is 2. The lowest BCUT2D eigenvalue weighted by Gasteiger charge is -2.13. The van der Waals surface area contributed by atoms with E-state index in [0.717, 1.165) is 23.1 Å². The molecule has 1 aromatic rings. The Labute approximate surface area is 107 Å². The Morgan fingerprint density at radius 2 is 2.00 bits per heavy atom. The predicted octanol–water partition coefficient (Wildman–Crippen LogP) is 0.622. The van der Waals surface area contributed by atoms with Crippen LogP contribution in [0.3, 0.4) is 0 Å². The molecule has 2 rings (SSSR count). The second-order valence-electron chi connectivity index (χ2n) is 3.83. The summed E-state index contributed by atoms with van der Waals surface area (Å²) in [5, 5.41) is 11.2. The van der Waals surface area contributed by atoms with E-state index >= 15 is 0 Å². The molecule has 0 saturated carbocycles. The third kappa shape index (κ3) is 2.60. The number of aliphatic hydroxyl groups is 1. The standard InChI is InChI=1S/C12H10F2N2O3/c13-7-1-2-9(8(14)5-7)15-10-6-11(18)16(3-4-17)12(10)19/h1-2,5-6,15,17H,3-4H2. The topological polar surface area (TPSA) is 69.6 Å². The van der Waals surface area contributed by atoms with Crippen molar-refractivity contribution in [1.29, 1.82) is 0 Å². The highest BCUT2D eigenvalue weighted by Gasteiger charge is 2.30. The van der Waals surface area contributed by atoms with Crippen molar-refractivity contribution < 1.29 is 23.5 Å². The lowest BCUT2D eigenvalue weighted by Crippen LogP contribution is -2.34. The summed E-state index contributed by atoms with van der Waals surface area (Å²) in [5.41, 5.74) is -0.233. The third-order valence-corrected chi connectivity index (χ3v) is 2.53. The number of rotatable bonds is 4. The Kier molecular flexibility index (Phi) is 3.57. The number of amides is 2. The van der Waals surface area contributed by atoms with Crippen LogP contribution in [0.2, 0.25) is 0 Å². The van der Waals surface area contributed by atoms with E-state index in [9.17, 15) is 18.4 Å². The molecule has 0 aliphatic carbocycles. The Morgan fingerprint density at radius 3 is 2.63 bits per heavy atom. The summed E-state index contributed by atoms with van der Waals surface area (Å²) >= 11 is 0. The van der Waals surface area contributed by atoms with Crippen LogP contribution in [0.4, 0.5) is 14.5 Å². The van der Waals surface area contributed by atoms with Crippen LogP contribution >= 0.6 is 0 Å². The molecule has 1 aliphatic rings. The molecule has 19 heavy (non-hydrogen) atoms. The molecule has 0 spiro atoms. The van der Waals surface area contributed by atoms with Gasteiger partial charge in [-0.3, -0.25) is 14.5 Å². The van der Waals surface area contributed by atoms with E-state index in [2.05, 4.69) is 5.32 Å². The number of hydrogen-bond acceptors (Lipinski definition) is 4. The van der Waals surface area contributed by atoms with Gasteiger partial charge < -0.3 is 10.4 Å². The van der Waals surface area contributed by atoms with E-state index in [1.165, 1.54) is 0 Å². The molecule has 0 saturated heterocycles. The smallest absolute Gasteiger partial charge is 0.277 e. The maximum atomic E-state index is 13.4. The van der Waals surface area contributed by atoms with Crippen molar-refractivity contribution in [3.8, 4) is 0 Å². The minimum absolute atomic E-state index is 0.111. The molecule has 0 atom stereocenters. The van der Waals surface area contributed by atoms with Crippen molar-refractivity contribution in [3.05, 3.63) is 41.6 Å². The monoisotopic (exact) mass is 268 g/mol. The largest absolute Gasteiger partial charge is 0.395 e. The molecule has 1 heterocycles. The third-order valence-electron chi connectivity index (χ3n) is 2.53. The number of nitrogens with one attached hydrogen (secondary N) is 1. The molecule has 0 fully saturated rings. The van der Waals surface area contributed by atoms with Crippen molar-refractivity contribution in [3.63, 3.8) is 0 Å². The first-order chi connectivity index (χ1) is 9.02. The van der Waals surface area contributed by atoms with Crippen molar-refractivity contribution in [1.82, 2.24) is 4.90 Å². The van der Waals surface area contributed by atoms with Crippen molar-refractivity contribution in [2.24, 2.45) is 0 Å². The van der Waals surface area contributed by atoms with Crippen molar-refractivity contribution in [2.45, 2.75) is 0 Å². The second-order valence-corrected chi connectivity index (χ2v) is 3.83. The zero-order chi connectivity index (χ0) is 14.0. The molecular weight excluding hydrogens is 258 g/mol. The average molecular weight is 268 g/mol. The van der Waals surface area contributed by atoms with Gasteiger partial charge in [-0.25, -0.2) is 8.78 Å². The number of nitrogens with zero attached hydrogens (tertiary/aromatic N) is 1. The number of imide groups is 1. The van der Waals surface area contributed by atoms with E-state index in [1.807, 2.05) is 0 Å². The summed E-state index contributed by atoms with van der Waals surface area (Å²) < 4.78 is 26.1. The van der Waals surface area contributed by atoms with E-state index in [4.69, 9.17) is 5.11 Å². The van der Waals surface area contributed by atoms with Gasteiger partial charge in [0.25, 0.3) is 11.8 Å².